The van der Waals surface area contributed by atoms with Gasteiger partial charge in [-0.05, 0) is 25.0 Å². The highest BCUT2D eigenvalue weighted by atomic mass is 16.5. The number of hydrogen-bond acceptors (Lipinski definition) is 3. The van der Waals surface area contributed by atoms with Gasteiger partial charge in [-0.15, -0.1) is 0 Å². The molecule has 0 bridgehead atoms. The number of hydrogen-bond donors (Lipinski definition) is 1. The van der Waals surface area contributed by atoms with E-state index >= 15 is 0 Å². The van der Waals surface area contributed by atoms with E-state index < -0.39 is 0 Å². The molecule has 0 spiro atoms. The van der Waals surface area contributed by atoms with Crippen molar-refractivity contribution in [2.75, 3.05) is 7.11 Å². The molecule has 21 heavy (non-hydrogen) atoms. The molecule has 2 N–H and O–H groups in total. The van der Waals surface area contributed by atoms with Gasteiger partial charge in [-0.25, -0.2) is 0 Å². The van der Waals surface area contributed by atoms with Crippen LogP contribution in [0.15, 0.2) is 36.4 Å². The van der Waals surface area contributed by atoms with Gasteiger partial charge in [-0.2, -0.15) is 0 Å². The zero-order valence-corrected chi connectivity index (χ0v) is 12.7. The van der Waals surface area contributed by atoms with E-state index in [1.807, 2.05) is 12.1 Å². The second-order valence-corrected chi connectivity index (χ2v) is 6.14. The molecule has 112 valence electrons. The Morgan fingerprint density at radius 3 is 2.67 bits per heavy atom. The lowest BCUT2D eigenvalue weighted by Gasteiger charge is -2.40. The normalized spacial score (nSPS) is 19.5. The molecule has 0 amide bonds. The first-order valence-corrected chi connectivity index (χ1v) is 7.89. The van der Waals surface area contributed by atoms with Crippen LogP contribution >= 0.6 is 0 Å². The molecule has 2 aromatic rings. The summed E-state index contributed by atoms with van der Waals surface area (Å²) in [5, 5.41) is 1.17. The number of fused-ring (bicyclic) bond motifs is 1. The Labute approximate surface area is 126 Å². The molecule has 3 rings (SSSR count). The van der Waals surface area contributed by atoms with Gasteiger partial charge in [0.15, 0.2) is 0 Å². The predicted octanol–water partition coefficient (Wildman–Crippen LogP) is 3.45. The van der Waals surface area contributed by atoms with Crippen molar-refractivity contribution in [2.45, 2.75) is 50.2 Å². The molecule has 1 heterocycles. The summed E-state index contributed by atoms with van der Waals surface area (Å²) in [5.41, 5.74) is 8.44. The van der Waals surface area contributed by atoms with Gasteiger partial charge in [0, 0.05) is 30.7 Å². The van der Waals surface area contributed by atoms with Crippen molar-refractivity contribution in [3.8, 4) is 0 Å². The predicted molar refractivity (Wildman–Crippen MR) is 86.2 cm³/mol. The maximum atomic E-state index is 6.51. The molecule has 0 radical (unpaired) electrons. The van der Waals surface area contributed by atoms with E-state index in [-0.39, 0.29) is 11.6 Å². The van der Waals surface area contributed by atoms with Crippen molar-refractivity contribution >= 4 is 10.9 Å². The van der Waals surface area contributed by atoms with Gasteiger partial charge < -0.3 is 10.5 Å². The van der Waals surface area contributed by atoms with Crippen LogP contribution in [-0.4, -0.2) is 23.7 Å². The van der Waals surface area contributed by atoms with Crippen molar-refractivity contribution in [2.24, 2.45) is 5.73 Å². The quantitative estimate of drug-likeness (QED) is 0.935. The number of aromatic nitrogens is 1. The molecule has 1 saturated carbocycles. The van der Waals surface area contributed by atoms with E-state index in [4.69, 9.17) is 15.5 Å². The lowest BCUT2D eigenvalue weighted by molar-refractivity contribution is -0.0584. The number of methoxy groups -OCH3 is 1. The Kier molecular flexibility index (Phi) is 4.22. The standard InChI is InChI=1S/C18H24N2O/c1-21-18(11-5-2-6-12-18)17(19)13-15-10-9-14-7-3-4-8-16(14)20-15/h3-4,7-10,17H,2,5-6,11-13,19H2,1H3. The maximum Gasteiger partial charge on any atom is 0.0832 e. The van der Waals surface area contributed by atoms with E-state index in [0.29, 0.717) is 0 Å². The maximum absolute atomic E-state index is 6.51. The lowest BCUT2D eigenvalue weighted by atomic mass is 9.78. The Hall–Kier alpha value is -1.45. The summed E-state index contributed by atoms with van der Waals surface area (Å²) in [6.07, 6.45) is 6.64. The van der Waals surface area contributed by atoms with Crippen LogP contribution in [-0.2, 0) is 11.2 Å². The fourth-order valence-electron chi connectivity index (χ4n) is 3.51. The van der Waals surface area contributed by atoms with Crippen LogP contribution in [0.2, 0.25) is 0 Å². The van der Waals surface area contributed by atoms with Crippen molar-refractivity contribution < 1.29 is 4.74 Å². The number of nitrogens with zero attached hydrogens (tertiary/aromatic N) is 1. The monoisotopic (exact) mass is 284 g/mol. The lowest BCUT2D eigenvalue weighted by Crippen LogP contribution is -2.52. The molecule has 3 nitrogen and oxygen atoms in total. The average molecular weight is 284 g/mol. The zero-order chi connectivity index (χ0) is 14.7. The molecule has 1 aliphatic carbocycles. The van der Waals surface area contributed by atoms with Crippen LogP contribution in [0.25, 0.3) is 10.9 Å². The summed E-state index contributed by atoms with van der Waals surface area (Å²) in [6, 6.07) is 12.4. The van der Waals surface area contributed by atoms with Crippen LogP contribution < -0.4 is 5.73 Å². The minimum absolute atomic E-state index is 0.0106. The molecule has 0 aliphatic heterocycles. The molecule has 1 fully saturated rings. The number of rotatable bonds is 4. The van der Waals surface area contributed by atoms with Crippen LogP contribution in [0.1, 0.15) is 37.8 Å². The van der Waals surface area contributed by atoms with E-state index in [0.717, 1.165) is 30.5 Å². The summed E-state index contributed by atoms with van der Waals surface area (Å²) in [4.78, 5) is 4.74. The number of pyridine rings is 1. The highest BCUT2D eigenvalue weighted by Crippen LogP contribution is 2.34. The van der Waals surface area contributed by atoms with E-state index in [2.05, 4.69) is 24.3 Å². The minimum atomic E-state index is -0.161. The molecule has 1 aromatic carbocycles. The molecule has 1 atom stereocenters. The topological polar surface area (TPSA) is 48.1 Å². The van der Waals surface area contributed by atoms with E-state index in [9.17, 15) is 0 Å². The fourth-order valence-corrected chi connectivity index (χ4v) is 3.51. The summed E-state index contributed by atoms with van der Waals surface area (Å²) < 4.78 is 5.85. The van der Waals surface area contributed by atoms with Crippen LogP contribution in [0, 0.1) is 0 Å². The van der Waals surface area contributed by atoms with E-state index in [1.165, 1.54) is 24.6 Å². The van der Waals surface area contributed by atoms with Gasteiger partial charge in [-0.1, -0.05) is 43.5 Å². The first kappa shape index (κ1) is 14.5. The Morgan fingerprint density at radius 2 is 1.90 bits per heavy atom. The summed E-state index contributed by atoms with van der Waals surface area (Å²) in [7, 11) is 1.80. The molecule has 3 heteroatoms. The molecule has 1 unspecified atom stereocenters. The number of para-hydroxylation sites is 1. The molecule has 1 aromatic heterocycles. The first-order chi connectivity index (χ1) is 10.2. The third-order valence-electron chi connectivity index (χ3n) is 4.87. The van der Waals surface area contributed by atoms with Gasteiger partial charge >= 0.3 is 0 Å². The van der Waals surface area contributed by atoms with Crippen LogP contribution in [0.3, 0.4) is 0 Å². The Morgan fingerprint density at radius 1 is 1.14 bits per heavy atom. The number of benzene rings is 1. The Bertz CT molecular complexity index is 605. The van der Waals surface area contributed by atoms with Gasteiger partial charge in [0.25, 0.3) is 0 Å². The Balaban J connectivity index is 1.80. The van der Waals surface area contributed by atoms with Crippen LogP contribution in [0.5, 0.6) is 0 Å². The smallest absolute Gasteiger partial charge is 0.0832 e. The second kappa shape index (κ2) is 6.12. The summed E-state index contributed by atoms with van der Waals surface area (Å²) in [5.74, 6) is 0. The fraction of sp³-hybridized carbons (Fsp3) is 0.500. The van der Waals surface area contributed by atoms with Gasteiger partial charge in [0.2, 0.25) is 0 Å². The first-order valence-electron chi connectivity index (χ1n) is 7.89. The highest BCUT2D eigenvalue weighted by molar-refractivity contribution is 5.78. The van der Waals surface area contributed by atoms with Crippen LogP contribution in [0.4, 0.5) is 0 Å². The average Bonchev–Trinajstić information content (AvgIpc) is 2.55. The number of nitrogens with two attached hydrogens (primary N) is 1. The van der Waals surface area contributed by atoms with Crippen molar-refractivity contribution in [1.82, 2.24) is 4.98 Å². The van der Waals surface area contributed by atoms with Gasteiger partial charge in [0.1, 0.15) is 0 Å². The molecule has 1 aliphatic rings. The second-order valence-electron chi connectivity index (χ2n) is 6.14. The third-order valence-corrected chi connectivity index (χ3v) is 4.87. The summed E-state index contributed by atoms with van der Waals surface area (Å²) >= 11 is 0. The van der Waals surface area contributed by atoms with Gasteiger partial charge in [-0.3, -0.25) is 4.98 Å². The molecular formula is C18H24N2O. The number of ether oxygens (including phenoxy) is 1. The van der Waals surface area contributed by atoms with E-state index in [1.54, 1.807) is 7.11 Å². The minimum Gasteiger partial charge on any atom is -0.377 e. The zero-order valence-electron chi connectivity index (χ0n) is 12.7. The van der Waals surface area contributed by atoms with Crippen molar-refractivity contribution in [1.29, 1.82) is 0 Å². The van der Waals surface area contributed by atoms with Crippen molar-refractivity contribution in [3.63, 3.8) is 0 Å². The summed E-state index contributed by atoms with van der Waals surface area (Å²) in [6.45, 7) is 0. The third kappa shape index (κ3) is 2.94. The molecule has 0 saturated heterocycles. The van der Waals surface area contributed by atoms with Crippen molar-refractivity contribution in [3.05, 3.63) is 42.1 Å². The highest BCUT2D eigenvalue weighted by Gasteiger charge is 2.38. The largest absolute Gasteiger partial charge is 0.377 e. The van der Waals surface area contributed by atoms with Gasteiger partial charge in [0.05, 0.1) is 11.1 Å². The SMILES string of the molecule is COC1(C(N)Cc2ccc3ccccc3n2)CCCCC1. The molecular weight excluding hydrogens is 260 g/mol.